The molecule has 0 unspecified atom stereocenters. The molecule has 1 aliphatic rings. The molecule has 3 rings (SSSR count). The molecule has 4 heteroatoms. The molecule has 0 saturated carbocycles. The van der Waals surface area contributed by atoms with Crippen molar-refractivity contribution in [2.75, 3.05) is 31.1 Å². The van der Waals surface area contributed by atoms with Gasteiger partial charge >= 0.3 is 0 Å². The highest BCUT2D eigenvalue weighted by Crippen LogP contribution is 2.15. The monoisotopic (exact) mass is 295 g/mol. The van der Waals surface area contributed by atoms with Gasteiger partial charge < -0.3 is 15.3 Å². The van der Waals surface area contributed by atoms with E-state index >= 15 is 0 Å². The Morgan fingerprint density at radius 1 is 1.14 bits per heavy atom. The van der Waals surface area contributed by atoms with Crippen molar-refractivity contribution in [2.45, 2.75) is 6.61 Å². The first-order valence-electron chi connectivity index (χ1n) is 7.65. The molecule has 0 atom stereocenters. The average molecular weight is 295 g/mol. The van der Waals surface area contributed by atoms with Crippen LogP contribution in [0.3, 0.4) is 0 Å². The molecule has 2 N–H and O–H groups in total. The van der Waals surface area contributed by atoms with Crippen LogP contribution >= 0.6 is 0 Å². The Bertz CT molecular complexity index is 631. The molecular formula is C18H21N3O. The van der Waals surface area contributed by atoms with Crippen LogP contribution in [0.2, 0.25) is 0 Å². The summed E-state index contributed by atoms with van der Waals surface area (Å²) in [5.74, 6) is 0. The molecule has 114 valence electrons. The largest absolute Gasteiger partial charge is 0.392 e. The third-order valence-electron chi connectivity index (χ3n) is 3.83. The van der Waals surface area contributed by atoms with Crippen molar-refractivity contribution >= 4 is 17.8 Å². The van der Waals surface area contributed by atoms with Gasteiger partial charge in [-0.2, -0.15) is 0 Å². The molecule has 2 heterocycles. The van der Waals surface area contributed by atoms with E-state index in [1.54, 1.807) is 0 Å². The molecule has 0 amide bonds. The number of aliphatic hydroxyl groups excluding tert-OH is 1. The summed E-state index contributed by atoms with van der Waals surface area (Å²) in [5, 5.41) is 12.5. The van der Waals surface area contributed by atoms with Gasteiger partial charge in [-0.15, -0.1) is 0 Å². The topological polar surface area (TPSA) is 48.4 Å². The number of piperazine rings is 1. The van der Waals surface area contributed by atoms with Crippen molar-refractivity contribution in [1.29, 1.82) is 0 Å². The highest BCUT2D eigenvalue weighted by atomic mass is 16.3. The van der Waals surface area contributed by atoms with E-state index in [4.69, 9.17) is 5.11 Å². The highest BCUT2D eigenvalue weighted by molar-refractivity contribution is 5.68. The molecule has 4 nitrogen and oxygen atoms in total. The molecular weight excluding hydrogens is 274 g/mol. The fourth-order valence-corrected chi connectivity index (χ4v) is 2.58. The summed E-state index contributed by atoms with van der Waals surface area (Å²) in [5.41, 5.74) is 4.11. The van der Waals surface area contributed by atoms with Gasteiger partial charge in [0.25, 0.3) is 0 Å². The van der Waals surface area contributed by atoms with Crippen LogP contribution in [-0.2, 0) is 6.61 Å². The maximum absolute atomic E-state index is 9.16. The fraction of sp³-hybridized carbons (Fsp3) is 0.278. The van der Waals surface area contributed by atoms with Gasteiger partial charge in [0.2, 0.25) is 0 Å². The van der Waals surface area contributed by atoms with E-state index in [1.165, 1.54) is 5.69 Å². The van der Waals surface area contributed by atoms with E-state index in [2.05, 4.69) is 21.3 Å². The number of hydrogen-bond donors (Lipinski definition) is 2. The van der Waals surface area contributed by atoms with Gasteiger partial charge in [-0.05, 0) is 35.4 Å². The maximum atomic E-state index is 9.16. The molecule has 0 aliphatic carbocycles. The number of benzene rings is 1. The van der Waals surface area contributed by atoms with E-state index in [0.29, 0.717) is 0 Å². The van der Waals surface area contributed by atoms with E-state index in [9.17, 15) is 0 Å². The van der Waals surface area contributed by atoms with Crippen molar-refractivity contribution in [3.05, 3.63) is 59.4 Å². The predicted molar refractivity (Wildman–Crippen MR) is 90.6 cm³/mol. The van der Waals surface area contributed by atoms with Gasteiger partial charge in [-0.25, -0.2) is 0 Å². The first-order valence-corrected chi connectivity index (χ1v) is 7.65. The zero-order chi connectivity index (χ0) is 15.2. The molecule has 0 radical (unpaired) electrons. The van der Waals surface area contributed by atoms with Gasteiger partial charge in [0.1, 0.15) is 0 Å². The number of nitrogens with one attached hydrogen (secondary N) is 1. The second-order valence-electron chi connectivity index (χ2n) is 5.41. The molecule has 22 heavy (non-hydrogen) atoms. The first kappa shape index (κ1) is 14.8. The van der Waals surface area contributed by atoms with Crippen LogP contribution in [0.4, 0.5) is 5.69 Å². The number of rotatable bonds is 4. The lowest BCUT2D eigenvalue weighted by atomic mass is 10.1. The van der Waals surface area contributed by atoms with Crippen molar-refractivity contribution in [1.82, 2.24) is 10.3 Å². The maximum Gasteiger partial charge on any atom is 0.0682 e. The van der Waals surface area contributed by atoms with E-state index in [-0.39, 0.29) is 6.61 Å². The van der Waals surface area contributed by atoms with Crippen molar-refractivity contribution in [3.63, 3.8) is 0 Å². The fourth-order valence-electron chi connectivity index (χ4n) is 2.58. The number of aromatic nitrogens is 1. The minimum atomic E-state index is 0.0688. The number of anilines is 1. The van der Waals surface area contributed by atoms with Crippen molar-refractivity contribution < 1.29 is 5.11 Å². The molecule has 0 bridgehead atoms. The Labute approximate surface area is 131 Å². The molecule has 1 aliphatic heterocycles. The standard InChI is InChI=1S/C18H21N3O/c22-14-16-3-1-2-15(12-16)4-5-17-6-7-18(13-20-17)21-10-8-19-9-11-21/h1-7,12-13,19,22H,8-11,14H2. The minimum Gasteiger partial charge on any atom is -0.392 e. The molecule has 1 aromatic heterocycles. The van der Waals surface area contributed by atoms with Crippen LogP contribution in [0, 0.1) is 0 Å². The Balaban J connectivity index is 1.68. The minimum absolute atomic E-state index is 0.0688. The van der Waals surface area contributed by atoms with E-state index in [1.807, 2.05) is 48.7 Å². The van der Waals surface area contributed by atoms with Crippen LogP contribution in [0.1, 0.15) is 16.8 Å². The lowest BCUT2D eigenvalue weighted by Gasteiger charge is -2.29. The molecule has 0 spiro atoms. The molecule has 1 saturated heterocycles. The summed E-state index contributed by atoms with van der Waals surface area (Å²) in [4.78, 5) is 6.86. The first-order chi connectivity index (χ1) is 10.8. The highest BCUT2D eigenvalue weighted by Gasteiger charge is 2.09. The van der Waals surface area contributed by atoms with Crippen LogP contribution in [0.15, 0.2) is 42.6 Å². The normalized spacial score (nSPS) is 15.4. The number of pyridine rings is 1. The second kappa shape index (κ2) is 7.20. The number of nitrogens with zero attached hydrogens (tertiary/aromatic N) is 2. The molecule has 2 aromatic rings. The average Bonchev–Trinajstić information content (AvgIpc) is 2.61. The lowest BCUT2D eigenvalue weighted by molar-refractivity contribution is 0.282. The summed E-state index contributed by atoms with van der Waals surface area (Å²) in [7, 11) is 0. The summed E-state index contributed by atoms with van der Waals surface area (Å²) in [6, 6.07) is 12.0. The summed E-state index contributed by atoms with van der Waals surface area (Å²) >= 11 is 0. The third-order valence-corrected chi connectivity index (χ3v) is 3.83. The SMILES string of the molecule is OCc1cccc(C=Cc2ccc(N3CCNCC3)cn2)c1. The van der Waals surface area contributed by atoms with Crippen LogP contribution in [-0.4, -0.2) is 36.3 Å². The Kier molecular flexibility index (Phi) is 4.83. The van der Waals surface area contributed by atoms with Crippen LogP contribution < -0.4 is 10.2 Å². The number of aliphatic hydroxyl groups is 1. The Hall–Kier alpha value is -2.17. The van der Waals surface area contributed by atoms with Gasteiger partial charge in [-0.1, -0.05) is 24.3 Å². The van der Waals surface area contributed by atoms with Gasteiger partial charge in [0, 0.05) is 26.2 Å². The molecule has 1 aromatic carbocycles. The zero-order valence-electron chi connectivity index (χ0n) is 12.6. The zero-order valence-corrected chi connectivity index (χ0v) is 12.6. The van der Waals surface area contributed by atoms with Crippen molar-refractivity contribution in [3.8, 4) is 0 Å². The van der Waals surface area contributed by atoms with Crippen molar-refractivity contribution in [2.24, 2.45) is 0 Å². The Morgan fingerprint density at radius 3 is 2.73 bits per heavy atom. The second-order valence-corrected chi connectivity index (χ2v) is 5.41. The van der Waals surface area contributed by atoms with E-state index in [0.717, 1.165) is 43.0 Å². The van der Waals surface area contributed by atoms with Gasteiger partial charge in [0.05, 0.1) is 24.2 Å². The summed E-state index contributed by atoms with van der Waals surface area (Å²) in [6.45, 7) is 4.20. The quantitative estimate of drug-likeness (QED) is 0.907. The number of hydrogen-bond acceptors (Lipinski definition) is 4. The molecule has 1 fully saturated rings. The smallest absolute Gasteiger partial charge is 0.0682 e. The third kappa shape index (κ3) is 3.72. The van der Waals surface area contributed by atoms with Gasteiger partial charge in [-0.3, -0.25) is 4.98 Å². The van der Waals surface area contributed by atoms with Gasteiger partial charge in [0.15, 0.2) is 0 Å². The Morgan fingerprint density at radius 2 is 2.00 bits per heavy atom. The van der Waals surface area contributed by atoms with Crippen LogP contribution in [0.5, 0.6) is 0 Å². The summed E-state index contributed by atoms with van der Waals surface area (Å²) in [6.07, 6.45) is 5.96. The predicted octanol–water partition coefficient (Wildman–Crippen LogP) is 2.15. The lowest BCUT2D eigenvalue weighted by Crippen LogP contribution is -2.43. The van der Waals surface area contributed by atoms with Crippen LogP contribution in [0.25, 0.3) is 12.2 Å². The summed E-state index contributed by atoms with van der Waals surface area (Å²) < 4.78 is 0. The van der Waals surface area contributed by atoms with E-state index < -0.39 is 0 Å².